The van der Waals surface area contributed by atoms with E-state index in [9.17, 15) is 23.2 Å². The summed E-state index contributed by atoms with van der Waals surface area (Å²) in [5, 5.41) is 2.50. The smallest absolute Gasteiger partial charge is 0.325 e. The van der Waals surface area contributed by atoms with Gasteiger partial charge in [-0.05, 0) is 37.5 Å². The Morgan fingerprint density at radius 3 is 2.33 bits per heavy atom. The van der Waals surface area contributed by atoms with E-state index in [1.165, 1.54) is 13.0 Å². The van der Waals surface area contributed by atoms with Crippen molar-refractivity contribution in [2.24, 2.45) is 0 Å². The Hall–Kier alpha value is -2.51. The summed E-state index contributed by atoms with van der Waals surface area (Å²) < 4.78 is 26.8. The van der Waals surface area contributed by atoms with Crippen LogP contribution in [0, 0.1) is 11.6 Å². The minimum atomic E-state index is -1.54. The molecule has 0 radical (unpaired) electrons. The number of nitrogens with zero attached hydrogens (tertiary/aromatic N) is 2. The fourth-order valence-corrected chi connectivity index (χ4v) is 3.58. The monoisotopic (exact) mass is 379 g/mol. The van der Waals surface area contributed by atoms with Crippen LogP contribution in [-0.2, 0) is 15.1 Å². The second-order valence-electron chi connectivity index (χ2n) is 7.22. The first-order valence-electron chi connectivity index (χ1n) is 9.20. The van der Waals surface area contributed by atoms with Crippen LogP contribution in [0.5, 0.6) is 0 Å². The van der Waals surface area contributed by atoms with Crippen molar-refractivity contribution in [1.29, 1.82) is 0 Å². The highest BCUT2D eigenvalue weighted by atomic mass is 19.2. The number of amides is 4. The van der Waals surface area contributed by atoms with Gasteiger partial charge in [0.1, 0.15) is 12.1 Å². The lowest BCUT2D eigenvalue weighted by Crippen LogP contribution is -2.45. The Morgan fingerprint density at radius 2 is 1.70 bits per heavy atom. The number of urea groups is 1. The molecule has 2 aliphatic rings. The molecule has 3 rings (SSSR count). The molecule has 6 nitrogen and oxygen atoms in total. The van der Waals surface area contributed by atoms with Crippen LogP contribution in [0.4, 0.5) is 13.6 Å². The first kappa shape index (κ1) is 19.3. The summed E-state index contributed by atoms with van der Waals surface area (Å²) in [6.45, 7) is 2.29. The zero-order valence-corrected chi connectivity index (χ0v) is 15.3. The molecule has 1 unspecified atom stereocenters. The fraction of sp³-hybridized carbons (Fsp3) is 0.526. The zero-order valence-electron chi connectivity index (χ0n) is 15.3. The number of likely N-dealkylation sites (tertiary alicyclic amines) is 1. The Morgan fingerprint density at radius 1 is 1.07 bits per heavy atom. The van der Waals surface area contributed by atoms with E-state index in [-0.39, 0.29) is 18.0 Å². The van der Waals surface area contributed by atoms with Gasteiger partial charge in [-0.2, -0.15) is 0 Å². The van der Waals surface area contributed by atoms with Crippen molar-refractivity contribution in [2.45, 2.75) is 44.6 Å². The van der Waals surface area contributed by atoms with Crippen molar-refractivity contribution in [3.8, 4) is 0 Å². The number of carbonyl (C=O) groups excluding carboxylic acids is 3. The lowest BCUT2D eigenvalue weighted by Gasteiger charge is -2.27. The van der Waals surface area contributed by atoms with Crippen LogP contribution in [0.2, 0.25) is 0 Å². The summed E-state index contributed by atoms with van der Waals surface area (Å²) in [5.74, 6) is -3.08. The average molecular weight is 379 g/mol. The van der Waals surface area contributed by atoms with Gasteiger partial charge in [0.15, 0.2) is 11.6 Å². The van der Waals surface area contributed by atoms with Crippen LogP contribution in [0.15, 0.2) is 18.2 Å². The molecule has 0 aromatic heterocycles. The van der Waals surface area contributed by atoms with Gasteiger partial charge in [0.05, 0.1) is 0 Å². The van der Waals surface area contributed by atoms with Crippen molar-refractivity contribution < 1.29 is 23.2 Å². The van der Waals surface area contributed by atoms with E-state index in [0.29, 0.717) is 13.1 Å². The molecule has 1 N–H and O–H groups in total. The van der Waals surface area contributed by atoms with Crippen molar-refractivity contribution in [3.05, 3.63) is 35.4 Å². The molecular weight excluding hydrogens is 356 g/mol. The topological polar surface area (TPSA) is 69.7 Å². The molecule has 1 aromatic carbocycles. The van der Waals surface area contributed by atoms with Crippen molar-refractivity contribution >= 4 is 17.8 Å². The number of benzene rings is 1. The van der Waals surface area contributed by atoms with E-state index >= 15 is 0 Å². The second kappa shape index (κ2) is 7.62. The molecule has 1 atom stereocenters. The molecule has 2 saturated heterocycles. The molecule has 0 saturated carbocycles. The van der Waals surface area contributed by atoms with Gasteiger partial charge in [-0.15, -0.1) is 0 Å². The highest BCUT2D eigenvalue weighted by Crippen LogP contribution is 2.29. The molecule has 1 aromatic rings. The maximum Gasteiger partial charge on any atom is 0.325 e. The molecule has 2 heterocycles. The largest absolute Gasteiger partial charge is 0.341 e. The van der Waals surface area contributed by atoms with E-state index in [1.807, 2.05) is 0 Å². The Balaban J connectivity index is 1.75. The third-order valence-electron chi connectivity index (χ3n) is 5.27. The number of imide groups is 1. The molecule has 8 heteroatoms. The zero-order chi connectivity index (χ0) is 19.6. The predicted octanol–water partition coefficient (Wildman–Crippen LogP) is 2.52. The van der Waals surface area contributed by atoms with Gasteiger partial charge in [0, 0.05) is 13.1 Å². The van der Waals surface area contributed by atoms with Crippen LogP contribution in [0.25, 0.3) is 0 Å². The molecular formula is C19H23F2N3O3. The van der Waals surface area contributed by atoms with Gasteiger partial charge in [-0.25, -0.2) is 13.6 Å². The number of nitrogens with one attached hydrogen (secondary N) is 1. The summed E-state index contributed by atoms with van der Waals surface area (Å²) in [6, 6.07) is 2.33. The summed E-state index contributed by atoms with van der Waals surface area (Å²) in [6.07, 6.45) is 5.07. The van der Waals surface area contributed by atoms with Gasteiger partial charge in [-0.1, -0.05) is 25.3 Å². The maximum absolute atomic E-state index is 13.6. The van der Waals surface area contributed by atoms with E-state index < -0.39 is 29.1 Å². The first-order valence-corrected chi connectivity index (χ1v) is 9.20. The minimum Gasteiger partial charge on any atom is -0.341 e. The summed E-state index contributed by atoms with van der Waals surface area (Å²) in [4.78, 5) is 40.3. The third kappa shape index (κ3) is 3.79. The van der Waals surface area contributed by atoms with Gasteiger partial charge in [-0.3, -0.25) is 14.5 Å². The summed E-state index contributed by atoms with van der Waals surface area (Å²) in [5.41, 5.74) is -1.41. The van der Waals surface area contributed by atoms with Crippen LogP contribution in [-0.4, -0.2) is 47.3 Å². The lowest BCUT2D eigenvalue weighted by atomic mass is 9.92. The van der Waals surface area contributed by atoms with Gasteiger partial charge < -0.3 is 10.2 Å². The standard InChI is InChI=1S/C19H23F2N3O3/c1-19(13-7-8-14(20)15(21)11-13)17(26)24(18(27)22-19)12-16(25)23-9-5-3-2-4-6-10-23/h7-8,11H,2-6,9-10,12H2,1H3,(H,22,27). The number of hydrogen-bond acceptors (Lipinski definition) is 3. The number of halogens is 2. The highest BCUT2D eigenvalue weighted by molar-refractivity contribution is 6.09. The van der Waals surface area contributed by atoms with E-state index in [2.05, 4.69) is 5.32 Å². The van der Waals surface area contributed by atoms with Crippen LogP contribution >= 0.6 is 0 Å². The van der Waals surface area contributed by atoms with Gasteiger partial charge >= 0.3 is 6.03 Å². The predicted molar refractivity (Wildman–Crippen MR) is 93.6 cm³/mol. The molecule has 2 aliphatic heterocycles. The fourth-order valence-electron chi connectivity index (χ4n) is 3.58. The molecule has 4 amide bonds. The van der Waals surface area contributed by atoms with Crippen molar-refractivity contribution in [3.63, 3.8) is 0 Å². The van der Waals surface area contributed by atoms with E-state index in [1.54, 1.807) is 4.90 Å². The molecule has 146 valence electrons. The minimum absolute atomic E-state index is 0.126. The van der Waals surface area contributed by atoms with Crippen LogP contribution in [0.3, 0.4) is 0 Å². The number of rotatable bonds is 3. The molecule has 0 aliphatic carbocycles. The average Bonchev–Trinajstić information content (AvgIpc) is 2.81. The van der Waals surface area contributed by atoms with Crippen LogP contribution in [0.1, 0.15) is 44.6 Å². The normalized spacial score (nSPS) is 23.8. The van der Waals surface area contributed by atoms with Crippen LogP contribution < -0.4 is 5.32 Å². The van der Waals surface area contributed by atoms with Crippen molar-refractivity contribution in [2.75, 3.05) is 19.6 Å². The molecule has 0 bridgehead atoms. The molecule has 27 heavy (non-hydrogen) atoms. The Labute approximate surface area is 156 Å². The molecule has 0 spiro atoms. The Bertz CT molecular complexity index is 763. The SMILES string of the molecule is CC1(c2ccc(F)c(F)c2)NC(=O)N(CC(=O)N2CCCCCCC2)C1=O. The first-order chi connectivity index (χ1) is 12.8. The number of carbonyl (C=O) groups is 3. The maximum atomic E-state index is 13.6. The highest BCUT2D eigenvalue weighted by Gasteiger charge is 2.50. The molecule has 2 fully saturated rings. The van der Waals surface area contributed by atoms with E-state index in [0.717, 1.165) is 49.1 Å². The second-order valence-corrected chi connectivity index (χ2v) is 7.22. The van der Waals surface area contributed by atoms with Gasteiger partial charge in [0.25, 0.3) is 5.91 Å². The van der Waals surface area contributed by atoms with E-state index in [4.69, 9.17) is 0 Å². The summed E-state index contributed by atoms with van der Waals surface area (Å²) in [7, 11) is 0. The lowest BCUT2D eigenvalue weighted by molar-refractivity contribution is -0.139. The summed E-state index contributed by atoms with van der Waals surface area (Å²) >= 11 is 0. The van der Waals surface area contributed by atoms with Gasteiger partial charge in [0.2, 0.25) is 5.91 Å². The Kier molecular flexibility index (Phi) is 5.43. The van der Waals surface area contributed by atoms with Crippen molar-refractivity contribution in [1.82, 2.24) is 15.1 Å². The quantitative estimate of drug-likeness (QED) is 0.821. The number of hydrogen-bond donors (Lipinski definition) is 1. The third-order valence-corrected chi connectivity index (χ3v) is 5.27.